The van der Waals surface area contributed by atoms with Crippen LogP contribution in [-0.4, -0.2) is 52.3 Å². The monoisotopic (exact) mass is 260 g/mol. The molecule has 0 aromatic heterocycles. The summed E-state index contributed by atoms with van der Waals surface area (Å²) < 4.78 is 0. The number of carbonyl (C=O) groups excluding carboxylic acids is 1. The number of carboxylic acids is 1. The van der Waals surface area contributed by atoms with Crippen molar-refractivity contribution in [3.63, 3.8) is 0 Å². The van der Waals surface area contributed by atoms with E-state index in [9.17, 15) is 9.59 Å². The number of urea groups is 1. The van der Waals surface area contributed by atoms with E-state index in [0.717, 1.165) is 0 Å². The third-order valence-corrected chi connectivity index (χ3v) is 2.64. The standard InChI is InChI=1S/C12H24N2O4/c1-9(15)6-8-14(4)11(18)13-12(2,3)7-5-10(16)17/h9,15H,5-8H2,1-4H3,(H,13,18)(H,16,17). The van der Waals surface area contributed by atoms with E-state index in [1.54, 1.807) is 27.8 Å². The molecule has 18 heavy (non-hydrogen) atoms. The first-order chi connectivity index (χ1) is 8.14. The highest BCUT2D eigenvalue weighted by molar-refractivity contribution is 5.74. The Morgan fingerprint density at radius 3 is 2.39 bits per heavy atom. The fourth-order valence-corrected chi connectivity index (χ4v) is 1.35. The molecule has 1 atom stereocenters. The molecular formula is C12H24N2O4. The van der Waals surface area contributed by atoms with Crippen LogP contribution in [-0.2, 0) is 4.79 Å². The molecular weight excluding hydrogens is 236 g/mol. The van der Waals surface area contributed by atoms with Gasteiger partial charge in [0.1, 0.15) is 0 Å². The van der Waals surface area contributed by atoms with Crippen molar-refractivity contribution in [2.24, 2.45) is 0 Å². The molecule has 106 valence electrons. The van der Waals surface area contributed by atoms with Crippen LogP contribution in [0, 0.1) is 0 Å². The van der Waals surface area contributed by atoms with Crippen LogP contribution in [0.2, 0.25) is 0 Å². The van der Waals surface area contributed by atoms with E-state index < -0.39 is 17.6 Å². The SMILES string of the molecule is CC(O)CCN(C)C(=O)NC(C)(C)CCC(=O)O. The first-order valence-electron chi connectivity index (χ1n) is 6.07. The molecule has 0 aliphatic heterocycles. The highest BCUT2D eigenvalue weighted by Gasteiger charge is 2.23. The average Bonchev–Trinajstić information content (AvgIpc) is 2.22. The highest BCUT2D eigenvalue weighted by Crippen LogP contribution is 2.11. The molecule has 0 spiro atoms. The first-order valence-corrected chi connectivity index (χ1v) is 6.07. The van der Waals surface area contributed by atoms with Gasteiger partial charge in [-0.15, -0.1) is 0 Å². The van der Waals surface area contributed by atoms with Gasteiger partial charge >= 0.3 is 12.0 Å². The van der Waals surface area contributed by atoms with E-state index >= 15 is 0 Å². The summed E-state index contributed by atoms with van der Waals surface area (Å²) in [6.45, 7) is 5.70. The average molecular weight is 260 g/mol. The topological polar surface area (TPSA) is 89.9 Å². The smallest absolute Gasteiger partial charge is 0.317 e. The molecule has 6 heteroatoms. The van der Waals surface area contributed by atoms with Crippen molar-refractivity contribution in [3.8, 4) is 0 Å². The highest BCUT2D eigenvalue weighted by atomic mass is 16.4. The van der Waals surface area contributed by atoms with E-state index in [1.165, 1.54) is 4.90 Å². The van der Waals surface area contributed by atoms with Gasteiger partial charge in [0.05, 0.1) is 6.10 Å². The lowest BCUT2D eigenvalue weighted by atomic mass is 9.99. The Balaban J connectivity index is 4.15. The predicted molar refractivity (Wildman–Crippen MR) is 68.4 cm³/mol. The zero-order valence-electron chi connectivity index (χ0n) is 11.6. The van der Waals surface area contributed by atoms with E-state index in [0.29, 0.717) is 19.4 Å². The van der Waals surface area contributed by atoms with Crippen molar-refractivity contribution < 1.29 is 19.8 Å². The molecule has 0 aromatic carbocycles. The van der Waals surface area contributed by atoms with Crippen LogP contribution in [0.15, 0.2) is 0 Å². The summed E-state index contributed by atoms with van der Waals surface area (Å²) in [7, 11) is 1.64. The zero-order chi connectivity index (χ0) is 14.3. The van der Waals surface area contributed by atoms with Crippen LogP contribution in [0.1, 0.15) is 40.0 Å². The van der Waals surface area contributed by atoms with Crippen LogP contribution in [0.4, 0.5) is 4.79 Å². The van der Waals surface area contributed by atoms with Gasteiger partial charge in [-0.3, -0.25) is 4.79 Å². The third-order valence-electron chi connectivity index (χ3n) is 2.64. The van der Waals surface area contributed by atoms with Gasteiger partial charge in [-0.2, -0.15) is 0 Å². The van der Waals surface area contributed by atoms with Crippen LogP contribution in [0.25, 0.3) is 0 Å². The molecule has 0 aliphatic carbocycles. The minimum absolute atomic E-state index is 0.0185. The maximum atomic E-state index is 11.8. The van der Waals surface area contributed by atoms with E-state index in [1.807, 2.05) is 0 Å². The van der Waals surface area contributed by atoms with E-state index in [-0.39, 0.29) is 12.5 Å². The summed E-state index contributed by atoms with van der Waals surface area (Å²) >= 11 is 0. The van der Waals surface area contributed by atoms with Gasteiger partial charge < -0.3 is 20.4 Å². The van der Waals surface area contributed by atoms with Gasteiger partial charge in [-0.05, 0) is 33.6 Å². The maximum absolute atomic E-state index is 11.8. The number of carbonyl (C=O) groups is 2. The molecule has 0 aliphatic rings. The molecule has 1 unspecified atom stereocenters. The van der Waals surface area contributed by atoms with Gasteiger partial charge in [0, 0.05) is 25.6 Å². The Morgan fingerprint density at radius 1 is 1.39 bits per heavy atom. The lowest BCUT2D eigenvalue weighted by Crippen LogP contribution is -2.49. The van der Waals surface area contributed by atoms with Crippen molar-refractivity contribution in [2.45, 2.75) is 51.7 Å². The van der Waals surface area contributed by atoms with E-state index in [4.69, 9.17) is 10.2 Å². The number of aliphatic carboxylic acids is 1. The number of hydrogen-bond acceptors (Lipinski definition) is 3. The summed E-state index contributed by atoms with van der Waals surface area (Å²) in [6, 6.07) is -0.258. The van der Waals surface area contributed by atoms with Crippen LogP contribution in [0.5, 0.6) is 0 Å². The number of aliphatic hydroxyl groups excluding tert-OH is 1. The summed E-state index contributed by atoms with van der Waals surface area (Å²) in [6.07, 6.45) is 0.461. The van der Waals surface area contributed by atoms with Gasteiger partial charge in [0.15, 0.2) is 0 Å². The number of rotatable bonds is 7. The summed E-state index contributed by atoms with van der Waals surface area (Å²) in [4.78, 5) is 23.8. The van der Waals surface area contributed by atoms with Crippen LogP contribution in [0.3, 0.4) is 0 Å². The largest absolute Gasteiger partial charge is 0.481 e. The molecule has 0 rings (SSSR count). The Morgan fingerprint density at radius 2 is 1.94 bits per heavy atom. The number of aliphatic hydroxyl groups is 1. The molecule has 3 N–H and O–H groups in total. The normalized spacial score (nSPS) is 12.9. The number of hydrogen-bond donors (Lipinski definition) is 3. The van der Waals surface area contributed by atoms with Gasteiger partial charge in [-0.1, -0.05) is 0 Å². The number of nitrogens with one attached hydrogen (secondary N) is 1. The lowest BCUT2D eigenvalue weighted by Gasteiger charge is -2.29. The Labute approximate surface area is 108 Å². The minimum atomic E-state index is -0.875. The Hall–Kier alpha value is -1.30. The van der Waals surface area contributed by atoms with Crippen molar-refractivity contribution >= 4 is 12.0 Å². The van der Waals surface area contributed by atoms with Crippen molar-refractivity contribution in [2.75, 3.05) is 13.6 Å². The molecule has 2 amide bonds. The Kier molecular flexibility index (Phi) is 6.68. The van der Waals surface area contributed by atoms with Crippen LogP contribution >= 0.6 is 0 Å². The molecule has 0 bridgehead atoms. The fourth-order valence-electron chi connectivity index (χ4n) is 1.35. The minimum Gasteiger partial charge on any atom is -0.481 e. The second kappa shape index (κ2) is 7.20. The molecule has 0 fully saturated rings. The Bertz CT molecular complexity index is 290. The maximum Gasteiger partial charge on any atom is 0.317 e. The fraction of sp³-hybridized carbons (Fsp3) is 0.833. The quantitative estimate of drug-likeness (QED) is 0.638. The molecule has 6 nitrogen and oxygen atoms in total. The third kappa shape index (κ3) is 7.89. The summed E-state index contributed by atoms with van der Waals surface area (Å²) in [5, 5.41) is 20.5. The zero-order valence-corrected chi connectivity index (χ0v) is 11.6. The second-order valence-electron chi connectivity index (χ2n) is 5.27. The molecule has 0 radical (unpaired) electrons. The number of amides is 2. The van der Waals surface area contributed by atoms with Gasteiger partial charge in [0.2, 0.25) is 0 Å². The predicted octanol–water partition coefficient (Wildman–Crippen LogP) is 1.04. The number of carboxylic acid groups (broad SMARTS) is 1. The molecule has 0 saturated heterocycles. The second-order valence-corrected chi connectivity index (χ2v) is 5.27. The van der Waals surface area contributed by atoms with Crippen molar-refractivity contribution in [1.82, 2.24) is 10.2 Å². The first kappa shape index (κ1) is 16.7. The van der Waals surface area contributed by atoms with E-state index in [2.05, 4.69) is 5.32 Å². The van der Waals surface area contributed by atoms with Gasteiger partial charge in [0.25, 0.3) is 0 Å². The summed E-state index contributed by atoms with van der Waals surface area (Å²) in [5.41, 5.74) is -0.561. The number of nitrogens with zero attached hydrogens (tertiary/aromatic N) is 1. The van der Waals surface area contributed by atoms with Crippen LogP contribution < -0.4 is 5.32 Å². The lowest BCUT2D eigenvalue weighted by molar-refractivity contribution is -0.137. The van der Waals surface area contributed by atoms with Gasteiger partial charge in [-0.25, -0.2) is 4.79 Å². The molecule has 0 heterocycles. The molecule has 0 saturated carbocycles. The molecule has 0 aromatic rings. The summed E-state index contributed by atoms with van der Waals surface area (Å²) in [5.74, 6) is -0.875. The van der Waals surface area contributed by atoms with Crippen molar-refractivity contribution in [3.05, 3.63) is 0 Å². The van der Waals surface area contributed by atoms with Crippen molar-refractivity contribution in [1.29, 1.82) is 0 Å².